The average Bonchev–Trinajstić information content (AvgIpc) is 2.86. The molecule has 0 fully saturated rings. The van der Waals surface area contributed by atoms with Crippen molar-refractivity contribution in [1.29, 1.82) is 5.26 Å². The van der Waals surface area contributed by atoms with E-state index in [-0.39, 0.29) is 29.9 Å². The van der Waals surface area contributed by atoms with Gasteiger partial charge in [0.05, 0.1) is 11.5 Å². The lowest BCUT2D eigenvalue weighted by Crippen LogP contribution is -2.40. The van der Waals surface area contributed by atoms with Gasteiger partial charge < -0.3 is 0 Å². The smallest absolute Gasteiger partial charge is 0.123 e. The zero-order chi connectivity index (χ0) is 24.7. The van der Waals surface area contributed by atoms with Crippen LogP contribution in [-0.4, -0.2) is 10.9 Å². The second kappa shape index (κ2) is 11.4. The monoisotopic (exact) mass is 456 g/mol. The lowest BCUT2D eigenvalue weighted by molar-refractivity contribution is 0.0915. The second-order valence-electron chi connectivity index (χ2n) is 9.75. The molecule has 0 amide bonds. The summed E-state index contributed by atoms with van der Waals surface area (Å²) in [4.78, 5) is 2.57. The molecule has 0 saturated heterocycles. The van der Waals surface area contributed by atoms with Gasteiger partial charge >= 0.3 is 0 Å². The summed E-state index contributed by atoms with van der Waals surface area (Å²) in [6.07, 6.45) is 1.57. The van der Waals surface area contributed by atoms with Gasteiger partial charge in [0.2, 0.25) is 0 Å². The molecule has 0 heterocycles. The molecule has 0 spiro atoms. The molecule has 0 aromatic heterocycles. The molecule has 0 radical (unpaired) electrons. The van der Waals surface area contributed by atoms with Crippen molar-refractivity contribution in [2.45, 2.75) is 71.0 Å². The molecule has 0 aliphatic rings. The molecule has 3 aromatic rings. The first-order valence-electron chi connectivity index (χ1n) is 12.3. The molecule has 3 aromatic carbocycles. The highest BCUT2D eigenvalue weighted by atomic mass is 19.1. The number of hydrogen-bond donors (Lipinski definition) is 0. The zero-order valence-corrected chi connectivity index (χ0v) is 21.1. The summed E-state index contributed by atoms with van der Waals surface area (Å²) in [7, 11) is 0. The Hall–Kier alpha value is -2.96. The molecular formula is C31H37FN2. The van der Waals surface area contributed by atoms with E-state index in [1.165, 1.54) is 23.3 Å². The summed E-state index contributed by atoms with van der Waals surface area (Å²) < 4.78 is 13.6. The molecular weight excluding hydrogens is 419 g/mol. The van der Waals surface area contributed by atoms with E-state index in [2.05, 4.69) is 106 Å². The quantitative estimate of drug-likeness (QED) is 0.307. The number of hydrogen-bond acceptors (Lipinski definition) is 2. The number of benzene rings is 3. The number of halogens is 1. The van der Waals surface area contributed by atoms with Crippen molar-refractivity contribution >= 4 is 0 Å². The van der Waals surface area contributed by atoms with Crippen LogP contribution in [0.4, 0.5) is 4.39 Å². The largest absolute Gasteiger partial charge is 0.287 e. The van der Waals surface area contributed by atoms with E-state index in [1.54, 1.807) is 12.1 Å². The Bertz CT molecular complexity index is 1010. The van der Waals surface area contributed by atoms with E-state index in [0.717, 1.165) is 12.0 Å². The predicted octanol–water partition coefficient (Wildman–Crippen LogP) is 8.24. The maximum Gasteiger partial charge on any atom is 0.123 e. The normalized spacial score (nSPS) is 16.0. The van der Waals surface area contributed by atoms with Crippen LogP contribution >= 0.6 is 0 Å². The Morgan fingerprint density at radius 1 is 0.765 bits per heavy atom. The van der Waals surface area contributed by atoms with E-state index >= 15 is 0 Å². The summed E-state index contributed by atoms with van der Waals surface area (Å²) in [5, 5.41) is 10.3. The van der Waals surface area contributed by atoms with Crippen molar-refractivity contribution < 1.29 is 4.39 Å². The maximum atomic E-state index is 13.6. The van der Waals surface area contributed by atoms with Crippen LogP contribution in [0.15, 0.2) is 84.9 Å². The number of rotatable bonds is 10. The van der Waals surface area contributed by atoms with Gasteiger partial charge in [-0.1, -0.05) is 86.6 Å². The zero-order valence-electron chi connectivity index (χ0n) is 21.1. The van der Waals surface area contributed by atoms with Crippen LogP contribution in [0.5, 0.6) is 0 Å². The first-order chi connectivity index (χ1) is 16.3. The molecule has 178 valence electrons. The summed E-state index contributed by atoms with van der Waals surface area (Å²) >= 11 is 0. The summed E-state index contributed by atoms with van der Waals surface area (Å²) in [6, 6.07) is 31.0. The molecule has 3 heteroatoms. The van der Waals surface area contributed by atoms with Gasteiger partial charge in [-0.25, -0.2) is 4.39 Å². The minimum absolute atomic E-state index is 0.113. The first kappa shape index (κ1) is 25.7. The lowest BCUT2D eigenvalue weighted by atomic mass is 9.69. The van der Waals surface area contributed by atoms with E-state index in [4.69, 9.17) is 0 Å². The molecule has 4 atom stereocenters. The second-order valence-corrected chi connectivity index (χ2v) is 9.75. The van der Waals surface area contributed by atoms with Gasteiger partial charge in [0.25, 0.3) is 0 Å². The SMILES string of the molecule is CC(CCC(C#N)(c1ccc(F)cc1)C(C)C)N(C(C)c1ccccc1)C(C)c1ccccc1. The Kier molecular flexibility index (Phi) is 8.64. The Morgan fingerprint density at radius 2 is 1.24 bits per heavy atom. The molecule has 34 heavy (non-hydrogen) atoms. The molecule has 0 aliphatic carbocycles. The molecule has 0 bridgehead atoms. The maximum absolute atomic E-state index is 13.6. The van der Waals surface area contributed by atoms with Crippen LogP contribution in [0.25, 0.3) is 0 Å². The topological polar surface area (TPSA) is 27.0 Å². The highest BCUT2D eigenvalue weighted by Crippen LogP contribution is 2.40. The predicted molar refractivity (Wildman–Crippen MR) is 139 cm³/mol. The lowest BCUT2D eigenvalue weighted by Gasteiger charge is -2.41. The third kappa shape index (κ3) is 5.57. The Balaban J connectivity index is 1.91. The fraction of sp³-hybridized carbons (Fsp3) is 0.387. The van der Waals surface area contributed by atoms with Crippen LogP contribution in [0.2, 0.25) is 0 Å². The van der Waals surface area contributed by atoms with Crippen LogP contribution in [0.3, 0.4) is 0 Å². The van der Waals surface area contributed by atoms with Crippen molar-refractivity contribution in [1.82, 2.24) is 4.90 Å². The Labute approximate surface area is 205 Å². The molecule has 0 saturated carbocycles. The van der Waals surface area contributed by atoms with E-state index in [9.17, 15) is 9.65 Å². The van der Waals surface area contributed by atoms with Gasteiger partial charge in [-0.05, 0) is 68.4 Å². The molecule has 3 rings (SSSR count). The van der Waals surface area contributed by atoms with Gasteiger partial charge in [0.1, 0.15) is 5.82 Å². The van der Waals surface area contributed by atoms with Crippen LogP contribution in [-0.2, 0) is 5.41 Å². The van der Waals surface area contributed by atoms with Crippen molar-refractivity contribution in [2.24, 2.45) is 5.92 Å². The van der Waals surface area contributed by atoms with Crippen molar-refractivity contribution in [2.75, 3.05) is 0 Å². The average molecular weight is 457 g/mol. The van der Waals surface area contributed by atoms with Crippen molar-refractivity contribution in [3.8, 4) is 6.07 Å². The standard InChI is InChI=1S/C31H37FN2/c1-23(2)31(22-33,29-16-18-30(32)19-17-29)21-20-24(3)34(25(4)27-12-8-6-9-13-27)26(5)28-14-10-7-11-15-28/h6-19,23-26H,20-21H2,1-5H3. The van der Waals surface area contributed by atoms with Crippen LogP contribution in [0, 0.1) is 23.1 Å². The van der Waals surface area contributed by atoms with Crippen molar-refractivity contribution in [3.05, 3.63) is 107 Å². The van der Waals surface area contributed by atoms with Gasteiger partial charge in [0, 0.05) is 18.1 Å². The third-order valence-electron chi connectivity index (χ3n) is 7.47. The van der Waals surface area contributed by atoms with Gasteiger partial charge in [0.15, 0.2) is 0 Å². The van der Waals surface area contributed by atoms with Crippen LogP contribution in [0.1, 0.15) is 76.2 Å². The van der Waals surface area contributed by atoms with Crippen LogP contribution < -0.4 is 0 Å². The molecule has 4 unspecified atom stereocenters. The van der Waals surface area contributed by atoms with E-state index < -0.39 is 5.41 Å². The highest BCUT2D eigenvalue weighted by molar-refractivity contribution is 5.34. The Morgan fingerprint density at radius 3 is 1.65 bits per heavy atom. The van der Waals surface area contributed by atoms with Gasteiger partial charge in [-0.15, -0.1) is 0 Å². The highest BCUT2D eigenvalue weighted by Gasteiger charge is 2.37. The van der Waals surface area contributed by atoms with Gasteiger partial charge in [-0.2, -0.15) is 5.26 Å². The minimum atomic E-state index is -0.653. The fourth-order valence-corrected chi connectivity index (χ4v) is 5.26. The van der Waals surface area contributed by atoms with Crippen molar-refractivity contribution in [3.63, 3.8) is 0 Å². The summed E-state index contributed by atoms with van der Waals surface area (Å²) in [5.41, 5.74) is 2.81. The summed E-state index contributed by atoms with van der Waals surface area (Å²) in [5.74, 6) is -0.158. The summed E-state index contributed by atoms with van der Waals surface area (Å²) in [6.45, 7) is 11.0. The number of nitriles is 1. The fourth-order valence-electron chi connectivity index (χ4n) is 5.26. The molecule has 0 aliphatic heterocycles. The third-order valence-corrected chi connectivity index (χ3v) is 7.47. The van der Waals surface area contributed by atoms with E-state index in [0.29, 0.717) is 6.42 Å². The van der Waals surface area contributed by atoms with Gasteiger partial charge in [-0.3, -0.25) is 4.90 Å². The number of nitrogens with zero attached hydrogens (tertiary/aromatic N) is 2. The molecule has 2 nitrogen and oxygen atoms in total. The van der Waals surface area contributed by atoms with E-state index in [1.807, 2.05) is 0 Å². The molecule has 0 N–H and O–H groups in total. The first-order valence-corrected chi connectivity index (χ1v) is 12.3. The minimum Gasteiger partial charge on any atom is -0.287 e.